The van der Waals surface area contributed by atoms with Crippen LogP contribution in [0.15, 0.2) is 83.8 Å². The Hall–Kier alpha value is -3.52. The zero-order chi connectivity index (χ0) is 23.0. The number of nitrogens with zero attached hydrogens (tertiary/aromatic N) is 1. The van der Waals surface area contributed by atoms with Gasteiger partial charge >= 0.3 is 0 Å². The van der Waals surface area contributed by atoms with E-state index in [9.17, 15) is 13.2 Å². The van der Waals surface area contributed by atoms with Crippen LogP contribution in [-0.4, -0.2) is 34.6 Å². The van der Waals surface area contributed by atoms with E-state index >= 15 is 0 Å². The number of para-hydroxylation sites is 1. The molecule has 0 unspecified atom stereocenters. The molecule has 0 radical (unpaired) electrons. The Morgan fingerprint density at radius 3 is 2.12 bits per heavy atom. The predicted molar refractivity (Wildman–Crippen MR) is 123 cm³/mol. The maximum atomic E-state index is 13.4. The summed E-state index contributed by atoms with van der Waals surface area (Å²) in [6, 6.07) is 22.0. The Labute approximate surface area is 188 Å². The highest BCUT2D eigenvalue weighted by Crippen LogP contribution is 2.25. The first-order valence-corrected chi connectivity index (χ1v) is 11.6. The minimum Gasteiger partial charge on any atom is -0.497 e. The number of ether oxygens (including phenoxy) is 2. The summed E-state index contributed by atoms with van der Waals surface area (Å²) < 4.78 is 38.4. The largest absolute Gasteiger partial charge is 0.497 e. The van der Waals surface area contributed by atoms with Crippen molar-refractivity contribution in [2.45, 2.75) is 18.4 Å². The van der Waals surface area contributed by atoms with Crippen LogP contribution in [0.1, 0.15) is 12.5 Å². The highest BCUT2D eigenvalue weighted by atomic mass is 32.2. The van der Waals surface area contributed by atoms with E-state index in [1.165, 1.54) is 12.1 Å². The molecule has 0 heterocycles. The Morgan fingerprint density at radius 2 is 1.53 bits per heavy atom. The molecule has 0 spiro atoms. The van der Waals surface area contributed by atoms with Crippen molar-refractivity contribution in [3.8, 4) is 11.5 Å². The molecule has 1 amide bonds. The van der Waals surface area contributed by atoms with Crippen molar-refractivity contribution in [3.63, 3.8) is 0 Å². The number of sulfonamides is 1. The highest BCUT2D eigenvalue weighted by molar-refractivity contribution is 7.92. The molecule has 7 nitrogen and oxygen atoms in total. The molecule has 0 saturated carbocycles. The Balaban J connectivity index is 1.78. The average Bonchev–Trinajstić information content (AvgIpc) is 2.82. The number of amides is 1. The molecule has 3 aromatic rings. The van der Waals surface area contributed by atoms with Gasteiger partial charge in [-0.2, -0.15) is 0 Å². The molecule has 0 fully saturated rings. The van der Waals surface area contributed by atoms with Crippen LogP contribution in [-0.2, 0) is 21.4 Å². The van der Waals surface area contributed by atoms with Crippen molar-refractivity contribution in [1.29, 1.82) is 0 Å². The lowest BCUT2D eigenvalue weighted by Crippen LogP contribution is -2.40. The number of carbonyl (C=O) groups is 1. The number of hydrogen-bond acceptors (Lipinski definition) is 5. The first kappa shape index (κ1) is 23.1. The van der Waals surface area contributed by atoms with Crippen LogP contribution in [0.4, 0.5) is 5.69 Å². The lowest BCUT2D eigenvalue weighted by atomic mass is 10.2. The van der Waals surface area contributed by atoms with Gasteiger partial charge in [-0.25, -0.2) is 8.42 Å². The summed E-state index contributed by atoms with van der Waals surface area (Å²) in [7, 11) is -2.39. The van der Waals surface area contributed by atoms with Gasteiger partial charge in [0, 0.05) is 6.54 Å². The molecule has 0 atom stereocenters. The van der Waals surface area contributed by atoms with Gasteiger partial charge in [-0.1, -0.05) is 30.3 Å². The molecular weight excluding hydrogens is 428 g/mol. The molecule has 0 saturated heterocycles. The zero-order valence-electron chi connectivity index (χ0n) is 18.0. The van der Waals surface area contributed by atoms with Crippen molar-refractivity contribution in [1.82, 2.24) is 5.32 Å². The van der Waals surface area contributed by atoms with Gasteiger partial charge in [0.25, 0.3) is 10.0 Å². The smallest absolute Gasteiger partial charge is 0.264 e. The summed E-state index contributed by atoms with van der Waals surface area (Å²) in [6.07, 6.45) is 0. The van der Waals surface area contributed by atoms with E-state index in [2.05, 4.69) is 5.32 Å². The second-order valence-electron chi connectivity index (χ2n) is 6.88. The van der Waals surface area contributed by atoms with Crippen LogP contribution in [0.2, 0.25) is 0 Å². The fourth-order valence-corrected chi connectivity index (χ4v) is 4.46. The number of benzene rings is 3. The molecule has 0 aliphatic heterocycles. The third kappa shape index (κ3) is 5.79. The summed E-state index contributed by atoms with van der Waals surface area (Å²) >= 11 is 0. The van der Waals surface area contributed by atoms with Crippen LogP contribution in [0.3, 0.4) is 0 Å². The maximum Gasteiger partial charge on any atom is 0.264 e. The van der Waals surface area contributed by atoms with E-state index in [1.54, 1.807) is 61.7 Å². The van der Waals surface area contributed by atoms with Crippen LogP contribution in [0, 0.1) is 0 Å². The van der Waals surface area contributed by atoms with E-state index in [4.69, 9.17) is 9.47 Å². The summed E-state index contributed by atoms with van der Waals surface area (Å²) in [5.74, 6) is 0.880. The van der Waals surface area contributed by atoms with Crippen molar-refractivity contribution in [2.24, 2.45) is 0 Å². The molecule has 3 aromatic carbocycles. The Morgan fingerprint density at radius 1 is 0.906 bits per heavy atom. The second kappa shape index (κ2) is 10.7. The van der Waals surface area contributed by atoms with Gasteiger partial charge in [-0.15, -0.1) is 0 Å². The fraction of sp³-hybridized carbons (Fsp3) is 0.208. The number of nitrogens with one attached hydrogen (secondary N) is 1. The van der Waals surface area contributed by atoms with Gasteiger partial charge in [-0.3, -0.25) is 9.10 Å². The predicted octanol–water partition coefficient (Wildman–Crippen LogP) is 3.61. The first-order chi connectivity index (χ1) is 15.4. The SMILES string of the molecule is CCOc1ccc(S(=O)(=O)N(CC(=O)NCc2ccc(OC)cc2)c2ccccc2)cc1. The number of methoxy groups -OCH3 is 1. The fourth-order valence-electron chi connectivity index (χ4n) is 3.04. The Bertz CT molecular complexity index is 1120. The Kier molecular flexibility index (Phi) is 7.72. The van der Waals surface area contributed by atoms with E-state index in [0.29, 0.717) is 18.0 Å². The van der Waals surface area contributed by atoms with Crippen molar-refractivity contribution < 1.29 is 22.7 Å². The van der Waals surface area contributed by atoms with Crippen LogP contribution < -0.4 is 19.1 Å². The summed E-state index contributed by atoms with van der Waals surface area (Å²) in [5.41, 5.74) is 1.28. The number of rotatable bonds is 10. The van der Waals surface area contributed by atoms with Crippen molar-refractivity contribution >= 4 is 21.6 Å². The summed E-state index contributed by atoms with van der Waals surface area (Å²) in [6.45, 7) is 2.26. The molecule has 8 heteroatoms. The molecule has 0 aliphatic carbocycles. The second-order valence-corrected chi connectivity index (χ2v) is 8.74. The normalized spacial score (nSPS) is 10.9. The van der Waals surface area contributed by atoms with Crippen molar-refractivity contribution in [2.75, 3.05) is 24.6 Å². The van der Waals surface area contributed by atoms with Gasteiger partial charge in [0.05, 0.1) is 24.3 Å². The minimum atomic E-state index is -3.97. The zero-order valence-corrected chi connectivity index (χ0v) is 18.8. The van der Waals surface area contributed by atoms with Gasteiger partial charge in [0.2, 0.25) is 5.91 Å². The van der Waals surface area contributed by atoms with Crippen molar-refractivity contribution in [3.05, 3.63) is 84.4 Å². The molecule has 0 aliphatic rings. The molecule has 168 valence electrons. The monoisotopic (exact) mass is 454 g/mol. The van der Waals surface area contributed by atoms with Gasteiger partial charge in [-0.05, 0) is 61.0 Å². The first-order valence-electron chi connectivity index (χ1n) is 10.1. The van der Waals surface area contributed by atoms with Gasteiger partial charge < -0.3 is 14.8 Å². The molecular formula is C24H26N2O5S. The van der Waals surface area contributed by atoms with E-state index in [-0.39, 0.29) is 18.0 Å². The molecule has 32 heavy (non-hydrogen) atoms. The molecule has 1 N–H and O–H groups in total. The van der Waals surface area contributed by atoms with Crippen LogP contribution in [0.5, 0.6) is 11.5 Å². The van der Waals surface area contributed by atoms with E-state index in [0.717, 1.165) is 15.6 Å². The standard InChI is InChI=1S/C24H26N2O5S/c1-3-31-22-13-15-23(16-14-22)32(28,29)26(20-7-5-4-6-8-20)18-24(27)25-17-19-9-11-21(30-2)12-10-19/h4-16H,3,17-18H2,1-2H3,(H,25,27). The maximum absolute atomic E-state index is 13.4. The average molecular weight is 455 g/mol. The topological polar surface area (TPSA) is 84.9 Å². The van der Waals surface area contributed by atoms with E-state index < -0.39 is 15.9 Å². The minimum absolute atomic E-state index is 0.0766. The van der Waals surface area contributed by atoms with E-state index in [1.807, 2.05) is 19.1 Å². The number of hydrogen-bond donors (Lipinski definition) is 1. The third-order valence-electron chi connectivity index (χ3n) is 4.70. The summed E-state index contributed by atoms with van der Waals surface area (Å²) in [4.78, 5) is 12.8. The lowest BCUT2D eigenvalue weighted by molar-refractivity contribution is -0.119. The van der Waals surface area contributed by atoms with Gasteiger partial charge in [0.15, 0.2) is 0 Å². The van der Waals surface area contributed by atoms with Crippen LogP contribution in [0.25, 0.3) is 0 Å². The number of anilines is 1. The molecule has 3 rings (SSSR count). The van der Waals surface area contributed by atoms with Gasteiger partial charge in [0.1, 0.15) is 18.0 Å². The summed E-state index contributed by atoms with van der Waals surface area (Å²) in [5, 5.41) is 2.78. The number of carbonyl (C=O) groups excluding carboxylic acids is 1. The van der Waals surface area contributed by atoms with Crippen LogP contribution >= 0.6 is 0 Å². The third-order valence-corrected chi connectivity index (χ3v) is 6.49. The molecule has 0 aromatic heterocycles. The lowest BCUT2D eigenvalue weighted by Gasteiger charge is -2.24. The quantitative estimate of drug-likeness (QED) is 0.506. The highest BCUT2D eigenvalue weighted by Gasteiger charge is 2.27. The molecule has 0 bridgehead atoms.